The van der Waals surface area contributed by atoms with Crippen molar-refractivity contribution in [3.63, 3.8) is 0 Å². The number of halogens is 3. The van der Waals surface area contributed by atoms with Crippen LogP contribution in [-0.4, -0.2) is 10.9 Å². The molecule has 3 N–H and O–H groups in total. The van der Waals surface area contributed by atoms with Gasteiger partial charge in [0.1, 0.15) is 21.0 Å². The number of carbonyl (C=O) groups excluding carboxylic acids is 1. The highest BCUT2D eigenvalue weighted by atomic mass is 35.5. The van der Waals surface area contributed by atoms with Crippen LogP contribution in [0.25, 0.3) is 0 Å². The van der Waals surface area contributed by atoms with Gasteiger partial charge in [-0.15, -0.1) is 11.3 Å². The Balaban J connectivity index is 2.20. The van der Waals surface area contributed by atoms with E-state index in [0.717, 1.165) is 6.07 Å². The van der Waals surface area contributed by atoms with E-state index >= 15 is 0 Å². The van der Waals surface area contributed by atoms with E-state index < -0.39 is 17.5 Å². The number of carbonyl (C=O) groups is 1. The van der Waals surface area contributed by atoms with Crippen LogP contribution in [-0.2, 0) is 6.54 Å². The minimum atomic E-state index is -0.993. The van der Waals surface area contributed by atoms with Gasteiger partial charge < -0.3 is 11.1 Å². The number of rotatable bonds is 4. The number of nitrogens with two attached hydrogens (primary N) is 1. The molecule has 2 rings (SSSR count). The SMILES string of the molecule is NC(=O)c1cc(NCc2ncc(Cl)s2)c(F)cc1F. The van der Waals surface area contributed by atoms with Crippen molar-refractivity contribution in [1.82, 2.24) is 4.98 Å². The minimum absolute atomic E-state index is 0.0264. The van der Waals surface area contributed by atoms with Gasteiger partial charge in [0.2, 0.25) is 0 Å². The normalized spacial score (nSPS) is 10.5. The van der Waals surface area contributed by atoms with Crippen LogP contribution in [0.3, 0.4) is 0 Å². The largest absolute Gasteiger partial charge is 0.376 e. The fourth-order valence-corrected chi connectivity index (χ4v) is 2.31. The van der Waals surface area contributed by atoms with Crippen LogP contribution in [0, 0.1) is 11.6 Å². The Bertz CT molecular complexity index is 632. The first-order chi connectivity index (χ1) is 8.97. The average molecular weight is 304 g/mol. The van der Waals surface area contributed by atoms with Crippen LogP contribution in [0.5, 0.6) is 0 Å². The third-order valence-corrected chi connectivity index (χ3v) is 3.39. The zero-order chi connectivity index (χ0) is 14.0. The molecular weight excluding hydrogens is 296 g/mol. The third kappa shape index (κ3) is 3.18. The molecule has 0 radical (unpaired) electrons. The summed E-state index contributed by atoms with van der Waals surface area (Å²) >= 11 is 6.93. The Morgan fingerprint density at radius 1 is 1.42 bits per heavy atom. The van der Waals surface area contributed by atoms with Gasteiger partial charge in [-0.3, -0.25) is 4.79 Å². The number of aromatic nitrogens is 1. The molecule has 0 unspecified atom stereocenters. The Hall–Kier alpha value is -1.73. The van der Waals surface area contributed by atoms with Gasteiger partial charge in [0.05, 0.1) is 24.0 Å². The van der Waals surface area contributed by atoms with Gasteiger partial charge in [-0.2, -0.15) is 0 Å². The second-order valence-electron chi connectivity index (χ2n) is 3.59. The molecule has 0 saturated carbocycles. The summed E-state index contributed by atoms with van der Waals surface area (Å²) in [6, 6.07) is 1.64. The van der Waals surface area contributed by atoms with E-state index in [1.54, 1.807) is 0 Å². The summed E-state index contributed by atoms with van der Waals surface area (Å²) in [5.74, 6) is -2.77. The predicted molar refractivity (Wildman–Crippen MR) is 69.3 cm³/mol. The van der Waals surface area contributed by atoms with Crippen LogP contribution < -0.4 is 11.1 Å². The molecule has 0 bridgehead atoms. The van der Waals surface area contributed by atoms with Crippen molar-refractivity contribution < 1.29 is 13.6 Å². The van der Waals surface area contributed by atoms with E-state index in [9.17, 15) is 13.6 Å². The number of primary amides is 1. The summed E-state index contributed by atoms with van der Waals surface area (Å²) in [4.78, 5) is 14.9. The summed E-state index contributed by atoms with van der Waals surface area (Å²) in [7, 11) is 0. The Morgan fingerprint density at radius 2 is 2.16 bits per heavy atom. The number of hydrogen-bond acceptors (Lipinski definition) is 4. The molecule has 1 amide bonds. The van der Waals surface area contributed by atoms with Crippen LogP contribution in [0.15, 0.2) is 18.3 Å². The second kappa shape index (κ2) is 5.50. The zero-order valence-corrected chi connectivity index (χ0v) is 11.0. The molecule has 0 aliphatic rings. The quantitative estimate of drug-likeness (QED) is 0.912. The topological polar surface area (TPSA) is 68.0 Å². The lowest BCUT2D eigenvalue weighted by atomic mass is 10.1. The summed E-state index contributed by atoms with van der Waals surface area (Å²) in [5, 5.41) is 3.34. The monoisotopic (exact) mass is 303 g/mol. The van der Waals surface area contributed by atoms with Crippen molar-refractivity contribution in [2.24, 2.45) is 5.73 Å². The van der Waals surface area contributed by atoms with Crippen molar-refractivity contribution in [3.05, 3.63) is 44.9 Å². The van der Waals surface area contributed by atoms with E-state index in [1.165, 1.54) is 17.5 Å². The molecule has 8 heteroatoms. The lowest BCUT2D eigenvalue weighted by Gasteiger charge is -2.08. The van der Waals surface area contributed by atoms with Gasteiger partial charge in [0.25, 0.3) is 5.91 Å². The number of hydrogen-bond donors (Lipinski definition) is 2. The standard InChI is InChI=1S/C11H8ClF2N3OS/c12-9-3-17-10(19-9)4-16-8-1-5(11(15)18)6(13)2-7(8)14/h1-3,16H,4H2,(H2,15,18). The zero-order valence-electron chi connectivity index (χ0n) is 9.41. The van der Waals surface area contributed by atoms with Gasteiger partial charge >= 0.3 is 0 Å². The second-order valence-corrected chi connectivity index (χ2v) is 5.33. The molecule has 100 valence electrons. The first kappa shape index (κ1) is 13.7. The summed E-state index contributed by atoms with van der Waals surface area (Å²) in [5.41, 5.74) is 4.59. The first-order valence-corrected chi connectivity index (χ1v) is 6.29. The lowest BCUT2D eigenvalue weighted by molar-refractivity contribution is 0.0996. The van der Waals surface area contributed by atoms with Crippen LogP contribution in [0.1, 0.15) is 15.4 Å². The maximum absolute atomic E-state index is 13.5. The first-order valence-electron chi connectivity index (χ1n) is 5.10. The molecule has 4 nitrogen and oxygen atoms in total. The number of nitrogens with one attached hydrogen (secondary N) is 1. The fraction of sp³-hybridized carbons (Fsp3) is 0.0909. The number of benzene rings is 1. The molecule has 0 aliphatic heterocycles. The van der Waals surface area contributed by atoms with Gasteiger partial charge in [0, 0.05) is 6.07 Å². The fourth-order valence-electron chi connectivity index (χ4n) is 1.41. The predicted octanol–water partition coefficient (Wildman–Crippen LogP) is 2.79. The number of nitrogens with zero attached hydrogens (tertiary/aromatic N) is 1. The Labute approximate surface area is 116 Å². The smallest absolute Gasteiger partial charge is 0.251 e. The van der Waals surface area contributed by atoms with Crippen molar-refractivity contribution in [2.75, 3.05) is 5.32 Å². The van der Waals surface area contributed by atoms with Crippen molar-refractivity contribution >= 4 is 34.5 Å². The Morgan fingerprint density at radius 3 is 2.74 bits per heavy atom. The van der Waals surface area contributed by atoms with Crippen molar-refractivity contribution in [1.29, 1.82) is 0 Å². The van der Waals surface area contributed by atoms with E-state index in [-0.39, 0.29) is 17.8 Å². The highest BCUT2D eigenvalue weighted by Gasteiger charge is 2.14. The number of thiazole rings is 1. The van der Waals surface area contributed by atoms with Gasteiger partial charge in [-0.25, -0.2) is 13.8 Å². The molecule has 0 aliphatic carbocycles. The molecule has 1 aromatic carbocycles. The highest BCUT2D eigenvalue weighted by molar-refractivity contribution is 7.15. The minimum Gasteiger partial charge on any atom is -0.376 e. The van der Waals surface area contributed by atoms with Crippen LogP contribution in [0.4, 0.5) is 14.5 Å². The number of anilines is 1. The average Bonchev–Trinajstić information content (AvgIpc) is 2.73. The van der Waals surface area contributed by atoms with Gasteiger partial charge in [-0.05, 0) is 6.07 Å². The molecule has 0 saturated heterocycles. The summed E-state index contributed by atoms with van der Waals surface area (Å²) < 4.78 is 27.3. The maximum Gasteiger partial charge on any atom is 0.251 e. The molecule has 19 heavy (non-hydrogen) atoms. The lowest BCUT2D eigenvalue weighted by Crippen LogP contribution is -2.14. The molecule has 0 fully saturated rings. The van der Waals surface area contributed by atoms with E-state index in [0.29, 0.717) is 15.4 Å². The summed E-state index contributed by atoms with van der Waals surface area (Å²) in [6.45, 7) is 0.206. The van der Waals surface area contributed by atoms with Gasteiger partial charge in [0.15, 0.2) is 0 Å². The Kier molecular flexibility index (Phi) is 3.96. The maximum atomic E-state index is 13.5. The summed E-state index contributed by atoms with van der Waals surface area (Å²) in [6.07, 6.45) is 1.47. The molecular formula is C11H8ClF2N3OS. The van der Waals surface area contributed by atoms with Crippen molar-refractivity contribution in [2.45, 2.75) is 6.54 Å². The highest BCUT2D eigenvalue weighted by Crippen LogP contribution is 2.22. The van der Waals surface area contributed by atoms with Crippen molar-refractivity contribution in [3.8, 4) is 0 Å². The molecule has 1 heterocycles. The van der Waals surface area contributed by atoms with E-state index in [1.807, 2.05) is 0 Å². The molecule has 2 aromatic rings. The number of amides is 1. The van der Waals surface area contributed by atoms with E-state index in [2.05, 4.69) is 10.3 Å². The third-order valence-electron chi connectivity index (χ3n) is 2.28. The molecule has 1 aromatic heterocycles. The molecule has 0 atom stereocenters. The van der Waals surface area contributed by atoms with Crippen LogP contribution >= 0.6 is 22.9 Å². The molecule has 0 spiro atoms. The van der Waals surface area contributed by atoms with Crippen LogP contribution in [0.2, 0.25) is 4.34 Å². The van der Waals surface area contributed by atoms with Gasteiger partial charge in [-0.1, -0.05) is 11.6 Å². The van der Waals surface area contributed by atoms with E-state index in [4.69, 9.17) is 17.3 Å².